The van der Waals surface area contributed by atoms with Gasteiger partial charge >= 0.3 is 6.18 Å². The van der Waals surface area contributed by atoms with Crippen LogP contribution in [0.3, 0.4) is 0 Å². The van der Waals surface area contributed by atoms with Crippen molar-refractivity contribution < 1.29 is 22.7 Å². The second-order valence-corrected chi connectivity index (χ2v) is 4.26. The second kappa shape index (κ2) is 7.86. The van der Waals surface area contributed by atoms with Crippen molar-refractivity contribution >= 4 is 5.91 Å². The van der Waals surface area contributed by atoms with E-state index in [4.69, 9.17) is 5.73 Å². The number of carbonyl (C=O) groups excluding carboxylic acids is 1. The van der Waals surface area contributed by atoms with Crippen LogP contribution in [-0.2, 0) is 16.0 Å². The third-order valence-electron chi connectivity index (χ3n) is 2.45. The summed E-state index contributed by atoms with van der Waals surface area (Å²) in [5, 5.41) is 2.43. The molecule has 0 spiro atoms. The number of nitrogens with one attached hydrogen (secondary N) is 1. The minimum atomic E-state index is -4.35. The van der Waals surface area contributed by atoms with Crippen LogP contribution in [0.25, 0.3) is 0 Å². The van der Waals surface area contributed by atoms with E-state index in [2.05, 4.69) is 10.1 Å². The first kappa shape index (κ1) is 16.5. The Bertz CT molecular complexity index is 410. The van der Waals surface area contributed by atoms with Gasteiger partial charge in [-0.05, 0) is 12.0 Å². The molecule has 1 rings (SSSR count). The Morgan fingerprint density at radius 2 is 1.95 bits per heavy atom. The van der Waals surface area contributed by atoms with Crippen LogP contribution in [0.1, 0.15) is 5.56 Å². The zero-order valence-corrected chi connectivity index (χ0v) is 10.8. The van der Waals surface area contributed by atoms with Crippen molar-refractivity contribution in [2.75, 3.05) is 19.8 Å². The van der Waals surface area contributed by atoms with E-state index in [1.807, 2.05) is 30.3 Å². The normalized spacial score (nSPS) is 13.0. The van der Waals surface area contributed by atoms with Gasteiger partial charge in [-0.15, -0.1) is 0 Å². The van der Waals surface area contributed by atoms with E-state index in [1.54, 1.807) is 0 Å². The van der Waals surface area contributed by atoms with E-state index >= 15 is 0 Å². The van der Waals surface area contributed by atoms with E-state index in [-0.39, 0.29) is 13.2 Å². The summed E-state index contributed by atoms with van der Waals surface area (Å²) in [5.41, 5.74) is 6.62. The first-order valence-electron chi connectivity index (χ1n) is 6.10. The van der Waals surface area contributed by atoms with E-state index in [9.17, 15) is 18.0 Å². The number of nitrogens with two attached hydrogens (primary N) is 1. The zero-order valence-electron chi connectivity index (χ0n) is 10.8. The maximum absolute atomic E-state index is 11.8. The minimum Gasteiger partial charge on any atom is -0.370 e. The summed E-state index contributed by atoms with van der Waals surface area (Å²) < 4.78 is 39.7. The fourth-order valence-corrected chi connectivity index (χ4v) is 1.53. The summed E-state index contributed by atoms with van der Waals surface area (Å²) in [5.74, 6) is -0.413. The summed E-state index contributed by atoms with van der Waals surface area (Å²) in [6.45, 7) is -1.53. The number of hydrogen-bond donors (Lipinski definition) is 2. The van der Waals surface area contributed by atoms with Gasteiger partial charge in [-0.25, -0.2) is 0 Å². The van der Waals surface area contributed by atoms with Crippen LogP contribution >= 0.6 is 0 Å². The minimum absolute atomic E-state index is 0.00258. The van der Waals surface area contributed by atoms with Crippen molar-refractivity contribution in [3.8, 4) is 0 Å². The van der Waals surface area contributed by atoms with Crippen molar-refractivity contribution in [2.45, 2.75) is 18.6 Å². The van der Waals surface area contributed by atoms with Gasteiger partial charge in [0.2, 0.25) is 5.91 Å². The largest absolute Gasteiger partial charge is 0.411 e. The van der Waals surface area contributed by atoms with E-state index in [0.29, 0.717) is 6.42 Å². The molecule has 0 aromatic heterocycles. The molecule has 0 aliphatic heterocycles. The molecule has 1 aromatic rings. The molecule has 0 saturated carbocycles. The topological polar surface area (TPSA) is 64.4 Å². The van der Waals surface area contributed by atoms with Gasteiger partial charge in [0.05, 0.1) is 12.6 Å². The van der Waals surface area contributed by atoms with E-state index in [0.717, 1.165) is 5.56 Å². The fourth-order valence-electron chi connectivity index (χ4n) is 1.53. The second-order valence-electron chi connectivity index (χ2n) is 4.26. The maximum atomic E-state index is 11.8. The Morgan fingerprint density at radius 3 is 2.55 bits per heavy atom. The summed E-state index contributed by atoms with van der Waals surface area (Å²) in [6, 6.07) is 8.49. The van der Waals surface area contributed by atoms with Gasteiger partial charge in [0.25, 0.3) is 0 Å². The molecule has 1 aromatic carbocycles. The monoisotopic (exact) mass is 290 g/mol. The Labute approximate surface area is 115 Å². The number of ether oxygens (including phenoxy) is 1. The van der Waals surface area contributed by atoms with Crippen LogP contribution in [0.2, 0.25) is 0 Å². The highest BCUT2D eigenvalue weighted by molar-refractivity contribution is 5.81. The van der Waals surface area contributed by atoms with Crippen LogP contribution < -0.4 is 11.1 Å². The summed E-state index contributed by atoms with van der Waals surface area (Å²) in [7, 11) is 0. The molecule has 3 N–H and O–H groups in total. The van der Waals surface area contributed by atoms with Crippen molar-refractivity contribution in [2.24, 2.45) is 5.73 Å². The molecule has 0 fully saturated rings. The third kappa shape index (κ3) is 7.10. The van der Waals surface area contributed by atoms with E-state index in [1.165, 1.54) is 0 Å². The van der Waals surface area contributed by atoms with Gasteiger partial charge < -0.3 is 15.8 Å². The number of alkyl halides is 3. The van der Waals surface area contributed by atoms with Crippen LogP contribution in [-0.4, -0.2) is 37.9 Å². The lowest BCUT2D eigenvalue weighted by Gasteiger charge is -2.13. The molecule has 7 heteroatoms. The van der Waals surface area contributed by atoms with Gasteiger partial charge in [0.15, 0.2) is 0 Å². The highest BCUT2D eigenvalue weighted by atomic mass is 19.4. The van der Waals surface area contributed by atoms with Gasteiger partial charge in [-0.1, -0.05) is 30.3 Å². The SMILES string of the molecule is NC(Cc1ccccc1)C(=O)NCCOCC(F)(F)F. The van der Waals surface area contributed by atoms with Crippen molar-refractivity contribution in [1.82, 2.24) is 5.32 Å². The quantitative estimate of drug-likeness (QED) is 0.743. The average Bonchev–Trinajstić information content (AvgIpc) is 2.38. The molecule has 0 heterocycles. The van der Waals surface area contributed by atoms with Gasteiger partial charge in [-0.2, -0.15) is 13.2 Å². The first-order chi connectivity index (χ1) is 9.38. The molecular formula is C13H17F3N2O2. The lowest BCUT2D eigenvalue weighted by atomic mass is 10.1. The van der Waals surface area contributed by atoms with Crippen molar-refractivity contribution in [1.29, 1.82) is 0 Å². The van der Waals surface area contributed by atoms with Crippen LogP contribution in [0.5, 0.6) is 0 Å². The predicted molar refractivity (Wildman–Crippen MR) is 68.0 cm³/mol. The number of carbonyl (C=O) groups is 1. The highest BCUT2D eigenvalue weighted by Gasteiger charge is 2.27. The Morgan fingerprint density at radius 1 is 1.30 bits per heavy atom. The third-order valence-corrected chi connectivity index (χ3v) is 2.45. The summed E-state index contributed by atoms with van der Waals surface area (Å²) in [6.07, 6.45) is -3.98. The highest BCUT2D eigenvalue weighted by Crippen LogP contribution is 2.13. The number of rotatable bonds is 7. The van der Waals surface area contributed by atoms with Crippen LogP contribution in [0.15, 0.2) is 30.3 Å². The molecule has 4 nitrogen and oxygen atoms in total. The molecule has 0 saturated heterocycles. The smallest absolute Gasteiger partial charge is 0.370 e. The molecule has 20 heavy (non-hydrogen) atoms. The number of hydrogen-bond acceptors (Lipinski definition) is 3. The fraction of sp³-hybridized carbons (Fsp3) is 0.462. The lowest BCUT2D eigenvalue weighted by molar-refractivity contribution is -0.173. The molecular weight excluding hydrogens is 273 g/mol. The average molecular weight is 290 g/mol. The Hall–Kier alpha value is -1.60. The maximum Gasteiger partial charge on any atom is 0.411 e. The first-order valence-corrected chi connectivity index (χ1v) is 6.10. The zero-order chi connectivity index (χ0) is 15.0. The standard InChI is InChI=1S/C13H17F3N2O2/c14-13(15,16)9-20-7-6-18-12(19)11(17)8-10-4-2-1-3-5-10/h1-5,11H,6-9,17H2,(H,18,19). The number of amides is 1. The van der Waals surface area contributed by atoms with Crippen LogP contribution in [0.4, 0.5) is 13.2 Å². The van der Waals surface area contributed by atoms with E-state index < -0.39 is 24.7 Å². The predicted octanol–water partition coefficient (Wildman–Crippen LogP) is 1.25. The lowest BCUT2D eigenvalue weighted by Crippen LogP contribution is -2.43. The number of halogens is 3. The van der Waals surface area contributed by atoms with Crippen molar-refractivity contribution in [3.05, 3.63) is 35.9 Å². The van der Waals surface area contributed by atoms with Crippen LogP contribution in [0, 0.1) is 0 Å². The Balaban J connectivity index is 2.19. The molecule has 1 atom stereocenters. The molecule has 1 unspecified atom stereocenters. The van der Waals surface area contributed by atoms with Gasteiger partial charge in [-0.3, -0.25) is 4.79 Å². The molecule has 0 radical (unpaired) electrons. The van der Waals surface area contributed by atoms with Gasteiger partial charge in [0, 0.05) is 6.54 Å². The van der Waals surface area contributed by atoms with Crippen molar-refractivity contribution in [3.63, 3.8) is 0 Å². The molecule has 0 aliphatic carbocycles. The summed E-state index contributed by atoms with van der Waals surface area (Å²) >= 11 is 0. The molecule has 112 valence electrons. The van der Waals surface area contributed by atoms with Gasteiger partial charge in [0.1, 0.15) is 6.61 Å². The summed E-state index contributed by atoms with van der Waals surface area (Å²) in [4.78, 5) is 11.6. The molecule has 1 amide bonds. The Kier molecular flexibility index (Phi) is 6.47. The number of benzene rings is 1. The molecule has 0 bridgehead atoms. The molecule has 0 aliphatic rings.